The van der Waals surface area contributed by atoms with E-state index < -0.39 is 0 Å². The first-order valence-corrected chi connectivity index (χ1v) is 4.71. The van der Waals surface area contributed by atoms with Crippen molar-refractivity contribution in [1.82, 2.24) is 0 Å². The summed E-state index contributed by atoms with van der Waals surface area (Å²) in [6.45, 7) is 2.00. The molecule has 0 bridgehead atoms. The quantitative estimate of drug-likeness (QED) is 0.785. The fourth-order valence-corrected chi connectivity index (χ4v) is 1.49. The highest BCUT2D eigenvalue weighted by molar-refractivity contribution is 6.30. The minimum atomic E-state index is -0.0144. The van der Waals surface area contributed by atoms with Gasteiger partial charge in [-0.25, -0.2) is 0 Å². The van der Waals surface area contributed by atoms with Gasteiger partial charge in [-0.1, -0.05) is 24.6 Å². The van der Waals surface area contributed by atoms with Crippen molar-refractivity contribution in [1.29, 1.82) is 0 Å². The second kappa shape index (κ2) is 4.61. The zero-order chi connectivity index (χ0) is 9.84. The highest BCUT2D eigenvalue weighted by Gasteiger charge is 2.08. The van der Waals surface area contributed by atoms with Crippen LogP contribution in [0.25, 0.3) is 0 Å². The van der Waals surface area contributed by atoms with Crippen LogP contribution < -0.4 is 5.73 Å². The van der Waals surface area contributed by atoms with E-state index in [9.17, 15) is 0 Å². The van der Waals surface area contributed by atoms with Crippen LogP contribution >= 0.6 is 11.6 Å². The Balaban J connectivity index is 3.05. The second-order valence-electron chi connectivity index (χ2n) is 3.02. The number of aliphatic hydroxyl groups is 1. The number of nitrogens with two attached hydrogens (primary N) is 1. The minimum absolute atomic E-state index is 0.0103. The van der Waals surface area contributed by atoms with Gasteiger partial charge in [0.1, 0.15) is 0 Å². The van der Waals surface area contributed by atoms with Crippen LogP contribution in [0.3, 0.4) is 0 Å². The normalized spacial score (nSPS) is 12.9. The molecule has 0 amide bonds. The fraction of sp³-hybridized carbons (Fsp3) is 0.400. The van der Waals surface area contributed by atoms with Gasteiger partial charge in [-0.15, -0.1) is 0 Å². The topological polar surface area (TPSA) is 46.2 Å². The Labute approximate surface area is 83.3 Å². The molecular formula is C10H14ClNO. The highest BCUT2D eigenvalue weighted by atomic mass is 35.5. The lowest BCUT2D eigenvalue weighted by atomic mass is 10.00. The van der Waals surface area contributed by atoms with Crippen molar-refractivity contribution in [2.45, 2.75) is 26.0 Å². The van der Waals surface area contributed by atoms with Crippen molar-refractivity contribution in [2.24, 2.45) is 5.73 Å². The zero-order valence-corrected chi connectivity index (χ0v) is 8.38. The van der Waals surface area contributed by atoms with E-state index in [1.54, 1.807) is 12.1 Å². The van der Waals surface area contributed by atoms with Crippen molar-refractivity contribution in [2.75, 3.05) is 0 Å². The summed E-state index contributed by atoms with van der Waals surface area (Å²) < 4.78 is 0. The second-order valence-corrected chi connectivity index (χ2v) is 3.45. The van der Waals surface area contributed by atoms with Gasteiger partial charge in [0, 0.05) is 11.1 Å². The molecule has 1 aromatic rings. The maximum atomic E-state index is 9.07. The molecule has 0 aliphatic carbocycles. The van der Waals surface area contributed by atoms with E-state index in [4.69, 9.17) is 22.4 Å². The summed E-state index contributed by atoms with van der Waals surface area (Å²) in [5.41, 5.74) is 7.67. The van der Waals surface area contributed by atoms with Crippen LogP contribution in [0.1, 0.15) is 30.5 Å². The van der Waals surface area contributed by atoms with E-state index in [-0.39, 0.29) is 12.6 Å². The molecule has 2 nitrogen and oxygen atoms in total. The third-order valence-electron chi connectivity index (χ3n) is 2.11. The average Bonchev–Trinajstić information content (AvgIpc) is 2.16. The Kier molecular flexibility index (Phi) is 3.72. The predicted molar refractivity (Wildman–Crippen MR) is 54.6 cm³/mol. The Hall–Kier alpha value is -0.570. The number of aliphatic hydroxyl groups excluding tert-OH is 1. The van der Waals surface area contributed by atoms with Gasteiger partial charge < -0.3 is 10.8 Å². The van der Waals surface area contributed by atoms with Gasteiger partial charge in [0.2, 0.25) is 0 Å². The minimum Gasteiger partial charge on any atom is -0.392 e. The lowest BCUT2D eigenvalue weighted by molar-refractivity contribution is 0.280. The molecule has 0 aromatic heterocycles. The molecule has 0 aliphatic rings. The molecule has 0 unspecified atom stereocenters. The molecule has 1 aromatic carbocycles. The smallest absolute Gasteiger partial charge is 0.0685 e. The summed E-state index contributed by atoms with van der Waals surface area (Å²) in [5.74, 6) is 0. The molecular weight excluding hydrogens is 186 g/mol. The lowest BCUT2D eigenvalue weighted by Gasteiger charge is -2.13. The summed E-state index contributed by atoms with van der Waals surface area (Å²) in [6, 6.07) is 5.42. The Morgan fingerprint density at radius 1 is 1.54 bits per heavy atom. The SMILES string of the molecule is CC[C@H](N)c1ccc(Cl)cc1CO. The van der Waals surface area contributed by atoms with E-state index in [1.165, 1.54) is 0 Å². The molecule has 0 saturated carbocycles. The van der Waals surface area contributed by atoms with Crippen molar-refractivity contribution in [3.8, 4) is 0 Å². The van der Waals surface area contributed by atoms with Crippen LogP contribution in [0.2, 0.25) is 5.02 Å². The van der Waals surface area contributed by atoms with E-state index in [0.717, 1.165) is 17.5 Å². The number of hydrogen-bond donors (Lipinski definition) is 2. The Bertz CT molecular complexity index is 288. The molecule has 13 heavy (non-hydrogen) atoms. The van der Waals surface area contributed by atoms with Crippen molar-refractivity contribution < 1.29 is 5.11 Å². The summed E-state index contributed by atoms with van der Waals surface area (Å²) in [4.78, 5) is 0. The van der Waals surface area contributed by atoms with Gasteiger partial charge in [-0.3, -0.25) is 0 Å². The first-order chi connectivity index (χ1) is 6.19. The molecule has 1 atom stereocenters. The van der Waals surface area contributed by atoms with E-state index in [0.29, 0.717) is 5.02 Å². The van der Waals surface area contributed by atoms with Gasteiger partial charge in [0.15, 0.2) is 0 Å². The van der Waals surface area contributed by atoms with Crippen LogP contribution in [0.4, 0.5) is 0 Å². The number of halogens is 1. The Morgan fingerprint density at radius 2 is 2.23 bits per heavy atom. The molecule has 1 rings (SSSR count). The van der Waals surface area contributed by atoms with Crippen LogP contribution in [0.15, 0.2) is 18.2 Å². The molecule has 0 saturated heterocycles. The summed E-state index contributed by atoms with van der Waals surface area (Å²) in [6.07, 6.45) is 0.856. The summed E-state index contributed by atoms with van der Waals surface area (Å²) in [7, 11) is 0. The van der Waals surface area contributed by atoms with Crippen LogP contribution in [0, 0.1) is 0 Å². The van der Waals surface area contributed by atoms with Crippen molar-refractivity contribution >= 4 is 11.6 Å². The maximum absolute atomic E-state index is 9.07. The molecule has 3 N–H and O–H groups in total. The first kappa shape index (κ1) is 10.5. The van der Waals surface area contributed by atoms with Crippen molar-refractivity contribution in [3.05, 3.63) is 34.3 Å². The fourth-order valence-electron chi connectivity index (χ4n) is 1.29. The average molecular weight is 200 g/mol. The highest BCUT2D eigenvalue weighted by Crippen LogP contribution is 2.22. The van der Waals surface area contributed by atoms with Crippen LogP contribution in [0.5, 0.6) is 0 Å². The third-order valence-corrected chi connectivity index (χ3v) is 2.35. The molecule has 0 radical (unpaired) electrons. The van der Waals surface area contributed by atoms with Gasteiger partial charge in [0.25, 0.3) is 0 Å². The molecule has 0 spiro atoms. The third kappa shape index (κ3) is 2.44. The van der Waals surface area contributed by atoms with Crippen LogP contribution in [-0.4, -0.2) is 5.11 Å². The van der Waals surface area contributed by atoms with Gasteiger partial charge in [-0.2, -0.15) is 0 Å². The van der Waals surface area contributed by atoms with Crippen LogP contribution in [-0.2, 0) is 6.61 Å². The number of hydrogen-bond acceptors (Lipinski definition) is 2. The molecule has 72 valence electrons. The Morgan fingerprint density at radius 3 is 2.77 bits per heavy atom. The summed E-state index contributed by atoms with van der Waals surface area (Å²) in [5, 5.41) is 9.71. The zero-order valence-electron chi connectivity index (χ0n) is 7.63. The summed E-state index contributed by atoms with van der Waals surface area (Å²) >= 11 is 5.79. The van der Waals surface area contributed by atoms with E-state index in [1.807, 2.05) is 13.0 Å². The van der Waals surface area contributed by atoms with E-state index in [2.05, 4.69) is 0 Å². The van der Waals surface area contributed by atoms with Gasteiger partial charge >= 0.3 is 0 Å². The molecule has 3 heteroatoms. The molecule has 0 fully saturated rings. The molecule has 0 heterocycles. The van der Waals surface area contributed by atoms with E-state index >= 15 is 0 Å². The maximum Gasteiger partial charge on any atom is 0.0685 e. The number of benzene rings is 1. The monoisotopic (exact) mass is 199 g/mol. The van der Waals surface area contributed by atoms with Gasteiger partial charge in [-0.05, 0) is 29.7 Å². The van der Waals surface area contributed by atoms with Crippen molar-refractivity contribution in [3.63, 3.8) is 0 Å². The largest absolute Gasteiger partial charge is 0.392 e. The number of rotatable bonds is 3. The van der Waals surface area contributed by atoms with Gasteiger partial charge in [0.05, 0.1) is 6.61 Å². The lowest BCUT2D eigenvalue weighted by Crippen LogP contribution is -2.11. The first-order valence-electron chi connectivity index (χ1n) is 4.33. The predicted octanol–water partition coefficient (Wildman–Crippen LogP) is 2.24. The molecule has 0 aliphatic heterocycles. The standard InChI is InChI=1S/C10H14ClNO/c1-2-10(12)9-4-3-8(11)5-7(9)6-13/h3-5,10,13H,2,6,12H2,1H3/t10-/m0/s1.